The minimum atomic E-state index is -0.477. The van der Waals surface area contributed by atoms with Gasteiger partial charge in [0.2, 0.25) is 0 Å². The number of carbonyl (C=O) groups excluding carboxylic acids is 1. The van der Waals surface area contributed by atoms with Gasteiger partial charge in [0.1, 0.15) is 17.9 Å². The zero-order valence-corrected chi connectivity index (χ0v) is 11.0. The van der Waals surface area contributed by atoms with Gasteiger partial charge in [-0.2, -0.15) is 5.26 Å². The first-order valence-corrected chi connectivity index (χ1v) is 6.04. The molecule has 0 saturated carbocycles. The Morgan fingerprint density at radius 1 is 1.20 bits per heavy atom. The number of hydrogen-bond donors (Lipinski definition) is 0. The van der Waals surface area contributed by atoms with E-state index in [9.17, 15) is 4.79 Å². The number of ether oxygens (including phenoxy) is 2. The number of esters is 1. The summed E-state index contributed by atoms with van der Waals surface area (Å²) < 4.78 is 10.3. The molecule has 2 aromatic rings. The molecule has 100 valence electrons. The van der Waals surface area contributed by atoms with Crippen molar-refractivity contribution in [2.75, 3.05) is 7.11 Å². The van der Waals surface area contributed by atoms with Crippen LogP contribution in [-0.2, 0) is 11.3 Å². The van der Waals surface area contributed by atoms with Crippen LogP contribution in [0.15, 0.2) is 48.5 Å². The summed E-state index contributed by atoms with van der Waals surface area (Å²) in [7, 11) is 1.45. The second-order valence-electron chi connectivity index (χ2n) is 4.09. The summed E-state index contributed by atoms with van der Waals surface area (Å²) in [6, 6.07) is 16.0. The smallest absolute Gasteiger partial charge is 0.342 e. The first-order valence-electron chi connectivity index (χ1n) is 6.04. The molecule has 0 amide bonds. The molecular weight excluding hydrogens is 254 g/mol. The molecule has 2 aromatic carbocycles. The Labute approximate surface area is 117 Å². The summed E-state index contributed by atoms with van der Waals surface area (Å²) in [6.45, 7) is 0.197. The molecule has 0 aliphatic heterocycles. The standard InChI is InChI=1S/C16H13NO3/c1-19-15-9-13(10-17)7-8-14(15)16(18)20-11-12-5-3-2-4-6-12/h2-9H,11H2,1H3. The van der Waals surface area contributed by atoms with E-state index in [0.717, 1.165) is 5.56 Å². The number of methoxy groups -OCH3 is 1. The van der Waals surface area contributed by atoms with E-state index in [1.54, 1.807) is 6.07 Å². The molecule has 0 unspecified atom stereocenters. The average molecular weight is 267 g/mol. The predicted molar refractivity (Wildman–Crippen MR) is 73.3 cm³/mol. The molecule has 0 atom stereocenters. The van der Waals surface area contributed by atoms with Crippen LogP contribution in [0.1, 0.15) is 21.5 Å². The third-order valence-electron chi connectivity index (χ3n) is 2.76. The van der Waals surface area contributed by atoms with Gasteiger partial charge in [0.25, 0.3) is 0 Å². The van der Waals surface area contributed by atoms with Crippen molar-refractivity contribution in [2.24, 2.45) is 0 Å². The first-order chi connectivity index (χ1) is 9.74. The zero-order valence-electron chi connectivity index (χ0n) is 11.0. The molecule has 0 aromatic heterocycles. The third kappa shape index (κ3) is 3.15. The monoisotopic (exact) mass is 267 g/mol. The van der Waals surface area contributed by atoms with Gasteiger partial charge in [0.05, 0.1) is 18.7 Å². The van der Waals surface area contributed by atoms with Crippen LogP contribution >= 0.6 is 0 Å². The van der Waals surface area contributed by atoms with Crippen molar-refractivity contribution in [2.45, 2.75) is 6.61 Å². The summed E-state index contributed by atoms with van der Waals surface area (Å²) in [6.07, 6.45) is 0. The maximum Gasteiger partial charge on any atom is 0.342 e. The molecule has 4 nitrogen and oxygen atoms in total. The quantitative estimate of drug-likeness (QED) is 0.799. The Morgan fingerprint density at radius 2 is 1.95 bits per heavy atom. The maximum absolute atomic E-state index is 12.0. The van der Waals surface area contributed by atoms with Crippen LogP contribution in [0.25, 0.3) is 0 Å². The molecule has 20 heavy (non-hydrogen) atoms. The van der Waals surface area contributed by atoms with E-state index < -0.39 is 5.97 Å². The molecular formula is C16H13NO3. The van der Waals surface area contributed by atoms with Crippen molar-refractivity contribution in [1.82, 2.24) is 0 Å². The molecule has 0 spiro atoms. The van der Waals surface area contributed by atoms with Gasteiger partial charge >= 0.3 is 5.97 Å². The lowest BCUT2D eigenvalue weighted by Gasteiger charge is -2.09. The average Bonchev–Trinajstić information content (AvgIpc) is 2.52. The molecule has 0 heterocycles. The highest BCUT2D eigenvalue weighted by Gasteiger charge is 2.14. The Bertz CT molecular complexity index is 645. The van der Waals surface area contributed by atoms with E-state index in [-0.39, 0.29) is 6.61 Å². The SMILES string of the molecule is COc1cc(C#N)ccc1C(=O)OCc1ccccc1. The Kier molecular flexibility index (Phi) is 4.35. The van der Waals surface area contributed by atoms with Gasteiger partial charge in [0.15, 0.2) is 0 Å². The lowest BCUT2D eigenvalue weighted by Crippen LogP contribution is -2.07. The number of rotatable bonds is 4. The minimum absolute atomic E-state index is 0.197. The predicted octanol–water partition coefficient (Wildman–Crippen LogP) is 2.92. The summed E-state index contributed by atoms with van der Waals surface area (Å²) in [5.74, 6) is -0.141. The van der Waals surface area contributed by atoms with Crippen LogP contribution in [0.4, 0.5) is 0 Å². The highest BCUT2D eigenvalue weighted by Crippen LogP contribution is 2.21. The highest BCUT2D eigenvalue weighted by molar-refractivity contribution is 5.92. The van der Waals surface area contributed by atoms with E-state index >= 15 is 0 Å². The van der Waals surface area contributed by atoms with Crippen molar-refractivity contribution in [3.8, 4) is 11.8 Å². The molecule has 0 aliphatic rings. The van der Waals surface area contributed by atoms with Crippen molar-refractivity contribution < 1.29 is 14.3 Å². The van der Waals surface area contributed by atoms with Crippen LogP contribution < -0.4 is 4.74 Å². The Morgan fingerprint density at radius 3 is 2.60 bits per heavy atom. The van der Waals surface area contributed by atoms with Gasteiger partial charge in [0, 0.05) is 0 Å². The van der Waals surface area contributed by atoms with Crippen molar-refractivity contribution >= 4 is 5.97 Å². The number of nitriles is 1. The maximum atomic E-state index is 12.0. The second-order valence-corrected chi connectivity index (χ2v) is 4.09. The summed E-state index contributed by atoms with van der Waals surface area (Å²) in [5.41, 5.74) is 1.65. The number of nitrogens with zero attached hydrogens (tertiary/aromatic N) is 1. The van der Waals surface area contributed by atoms with E-state index in [1.165, 1.54) is 19.2 Å². The van der Waals surface area contributed by atoms with Crippen LogP contribution in [0.5, 0.6) is 5.75 Å². The molecule has 0 saturated heterocycles. The highest BCUT2D eigenvalue weighted by atomic mass is 16.5. The minimum Gasteiger partial charge on any atom is -0.496 e. The van der Waals surface area contributed by atoms with Crippen LogP contribution in [0, 0.1) is 11.3 Å². The van der Waals surface area contributed by atoms with Gasteiger partial charge in [-0.05, 0) is 23.8 Å². The van der Waals surface area contributed by atoms with Crippen molar-refractivity contribution in [3.05, 3.63) is 65.2 Å². The molecule has 0 radical (unpaired) electrons. The third-order valence-corrected chi connectivity index (χ3v) is 2.76. The van der Waals surface area contributed by atoms with E-state index in [0.29, 0.717) is 16.9 Å². The fourth-order valence-electron chi connectivity index (χ4n) is 1.73. The lowest BCUT2D eigenvalue weighted by atomic mass is 10.1. The summed E-state index contributed by atoms with van der Waals surface area (Å²) >= 11 is 0. The zero-order chi connectivity index (χ0) is 14.4. The topological polar surface area (TPSA) is 59.3 Å². The molecule has 0 N–H and O–H groups in total. The van der Waals surface area contributed by atoms with Crippen LogP contribution in [0.3, 0.4) is 0 Å². The molecule has 0 bridgehead atoms. The van der Waals surface area contributed by atoms with Crippen LogP contribution in [0.2, 0.25) is 0 Å². The second kappa shape index (κ2) is 6.39. The van der Waals surface area contributed by atoms with Crippen LogP contribution in [-0.4, -0.2) is 13.1 Å². The Balaban J connectivity index is 2.11. The number of carbonyl (C=O) groups is 1. The van der Waals surface area contributed by atoms with E-state index in [1.807, 2.05) is 36.4 Å². The molecule has 0 fully saturated rings. The van der Waals surface area contributed by atoms with Gasteiger partial charge in [-0.15, -0.1) is 0 Å². The van der Waals surface area contributed by atoms with Gasteiger partial charge in [-0.3, -0.25) is 0 Å². The normalized spacial score (nSPS) is 9.60. The van der Waals surface area contributed by atoms with E-state index in [4.69, 9.17) is 14.7 Å². The largest absolute Gasteiger partial charge is 0.496 e. The molecule has 2 rings (SSSR count). The van der Waals surface area contributed by atoms with Gasteiger partial charge in [-0.25, -0.2) is 4.79 Å². The number of benzene rings is 2. The molecule has 4 heteroatoms. The summed E-state index contributed by atoms with van der Waals surface area (Å²) in [5, 5.41) is 8.82. The first kappa shape index (κ1) is 13.6. The van der Waals surface area contributed by atoms with Gasteiger partial charge in [-0.1, -0.05) is 30.3 Å². The fraction of sp³-hybridized carbons (Fsp3) is 0.125. The summed E-state index contributed by atoms with van der Waals surface area (Å²) in [4.78, 5) is 12.0. The van der Waals surface area contributed by atoms with Gasteiger partial charge < -0.3 is 9.47 Å². The number of hydrogen-bond acceptors (Lipinski definition) is 4. The van der Waals surface area contributed by atoms with Crippen molar-refractivity contribution in [3.63, 3.8) is 0 Å². The van der Waals surface area contributed by atoms with E-state index in [2.05, 4.69) is 0 Å². The Hall–Kier alpha value is -2.80. The molecule has 0 aliphatic carbocycles. The lowest BCUT2D eigenvalue weighted by molar-refractivity contribution is 0.0469. The fourth-order valence-corrected chi connectivity index (χ4v) is 1.73. The van der Waals surface area contributed by atoms with Crippen molar-refractivity contribution in [1.29, 1.82) is 5.26 Å².